The van der Waals surface area contributed by atoms with E-state index >= 15 is 0 Å². The molecule has 13 heavy (non-hydrogen) atoms. The highest BCUT2D eigenvalue weighted by atomic mass is 16.6. The molecule has 0 saturated carbocycles. The Morgan fingerprint density at radius 2 is 2.31 bits per heavy atom. The van der Waals surface area contributed by atoms with E-state index in [2.05, 4.69) is 0 Å². The van der Waals surface area contributed by atoms with Crippen LogP contribution >= 0.6 is 0 Å². The van der Waals surface area contributed by atoms with Gasteiger partial charge in [0.1, 0.15) is 5.60 Å². The third-order valence-corrected chi connectivity index (χ3v) is 1.41. The van der Waals surface area contributed by atoms with E-state index in [9.17, 15) is 4.79 Å². The Hall–Kier alpha value is -0.770. The summed E-state index contributed by atoms with van der Waals surface area (Å²) in [5.41, 5.74) is -0.577. The van der Waals surface area contributed by atoms with Crippen molar-refractivity contribution in [1.29, 1.82) is 0 Å². The lowest BCUT2D eigenvalue weighted by Gasteiger charge is -2.29. The molecule has 0 radical (unpaired) electrons. The van der Waals surface area contributed by atoms with Crippen LogP contribution in [0.25, 0.3) is 0 Å². The van der Waals surface area contributed by atoms with Gasteiger partial charge in [-0.25, -0.2) is 4.79 Å². The molecule has 1 rings (SSSR count). The Kier molecular flexibility index (Phi) is 2.32. The third kappa shape index (κ3) is 3.63. The first-order chi connectivity index (χ1) is 6.79. The average molecular weight is 189 g/mol. The van der Waals surface area contributed by atoms with Crippen molar-refractivity contribution in [3.8, 4) is 0 Å². The Morgan fingerprint density at radius 3 is 2.92 bits per heavy atom. The number of hydrogen-bond donors (Lipinski definition) is 0. The Labute approximate surface area is 81.6 Å². The Morgan fingerprint density at radius 1 is 1.62 bits per heavy atom. The van der Waals surface area contributed by atoms with E-state index in [1.165, 1.54) is 4.90 Å². The van der Waals surface area contributed by atoms with Gasteiger partial charge in [0.2, 0.25) is 0 Å². The molecular weight excluding hydrogens is 170 g/mol. The summed E-state index contributed by atoms with van der Waals surface area (Å²) in [4.78, 5) is 12.8. The fourth-order valence-corrected chi connectivity index (χ4v) is 0.878. The quantitative estimate of drug-likeness (QED) is 0.575. The van der Waals surface area contributed by atoms with Gasteiger partial charge in [-0.15, -0.1) is 0 Å². The lowest BCUT2D eigenvalue weighted by molar-refractivity contribution is -0.00676. The predicted molar refractivity (Wildman–Crippen MR) is 48.6 cm³/mol. The van der Waals surface area contributed by atoms with Crippen molar-refractivity contribution in [3.63, 3.8) is 0 Å². The second kappa shape index (κ2) is 3.96. The summed E-state index contributed by atoms with van der Waals surface area (Å²) in [6.45, 7) is 3.89. The summed E-state index contributed by atoms with van der Waals surface area (Å²) in [5.74, 6) is 0. The highest BCUT2D eigenvalue weighted by Crippen LogP contribution is 2.10. The van der Waals surface area contributed by atoms with Crippen LogP contribution in [0.3, 0.4) is 0 Å². The minimum atomic E-state index is -0.779. The fraction of sp³-hybridized carbons (Fsp3) is 0.889. The highest BCUT2D eigenvalue weighted by Gasteiger charge is 2.23. The second-order valence-corrected chi connectivity index (χ2v) is 3.82. The van der Waals surface area contributed by atoms with E-state index in [-0.39, 0.29) is 13.2 Å². The molecular formula is C9H17NO3. The second-order valence-electron chi connectivity index (χ2n) is 3.82. The number of carbonyl (C=O) groups is 1. The van der Waals surface area contributed by atoms with Gasteiger partial charge in [-0.1, -0.05) is 0 Å². The number of hydrogen-bond acceptors (Lipinski definition) is 3. The van der Waals surface area contributed by atoms with Gasteiger partial charge in [-0.3, -0.25) is 0 Å². The van der Waals surface area contributed by atoms with E-state index < -0.39 is 24.8 Å². The van der Waals surface area contributed by atoms with Crippen LogP contribution in [0.5, 0.6) is 0 Å². The van der Waals surface area contributed by atoms with Crippen molar-refractivity contribution >= 4 is 6.09 Å². The van der Waals surface area contributed by atoms with Crippen LogP contribution in [-0.2, 0) is 9.47 Å². The maximum absolute atomic E-state index is 11.6. The van der Waals surface area contributed by atoms with Crippen LogP contribution in [0.2, 0.25) is 0 Å². The number of morpholine rings is 1. The molecule has 4 heteroatoms. The zero-order valence-electron chi connectivity index (χ0n) is 10.2. The van der Waals surface area contributed by atoms with Crippen molar-refractivity contribution in [2.75, 3.05) is 26.3 Å². The van der Waals surface area contributed by atoms with Crippen LogP contribution in [0.1, 0.15) is 23.5 Å². The molecule has 4 nitrogen and oxygen atoms in total. The van der Waals surface area contributed by atoms with E-state index in [1.807, 2.05) is 0 Å². The molecule has 1 fully saturated rings. The minimum Gasteiger partial charge on any atom is -0.444 e. The summed E-state index contributed by atoms with van der Waals surface area (Å²) in [7, 11) is 0. The van der Waals surface area contributed by atoms with Crippen LogP contribution in [0.4, 0.5) is 4.79 Å². The molecule has 0 aliphatic carbocycles. The van der Waals surface area contributed by atoms with Crippen molar-refractivity contribution in [2.24, 2.45) is 0 Å². The van der Waals surface area contributed by atoms with Gasteiger partial charge in [0.25, 0.3) is 0 Å². The van der Waals surface area contributed by atoms with Gasteiger partial charge in [-0.2, -0.15) is 0 Å². The molecule has 1 saturated heterocycles. The zero-order chi connectivity index (χ0) is 11.6. The van der Waals surface area contributed by atoms with E-state index in [1.54, 1.807) is 20.8 Å². The SMILES string of the molecule is [2H]C1CN(C(=O)OC(C)(C)C)C([2H])CO1. The van der Waals surface area contributed by atoms with Crippen LogP contribution < -0.4 is 0 Å². The lowest BCUT2D eigenvalue weighted by atomic mass is 10.2. The lowest BCUT2D eigenvalue weighted by Crippen LogP contribution is -2.43. The van der Waals surface area contributed by atoms with Gasteiger partial charge in [-0.05, 0) is 20.8 Å². The number of carbonyl (C=O) groups excluding carboxylic acids is 1. The van der Waals surface area contributed by atoms with E-state index in [0.29, 0.717) is 0 Å². The van der Waals surface area contributed by atoms with Crippen molar-refractivity contribution in [2.45, 2.75) is 26.4 Å². The van der Waals surface area contributed by atoms with Crippen molar-refractivity contribution in [3.05, 3.63) is 0 Å². The molecule has 0 N–H and O–H groups in total. The highest BCUT2D eigenvalue weighted by molar-refractivity contribution is 5.68. The Bertz CT molecular complexity index is 242. The molecule has 1 aliphatic heterocycles. The Balaban J connectivity index is 2.57. The number of rotatable bonds is 0. The monoisotopic (exact) mass is 189 g/mol. The molecule has 2 atom stereocenters. The molecule has 76 valence electrons. The number of nitrogens with zero attached hydrogens (tertiary/aromatic N) is 1. The molecule has 0 aromatic heterocycles. The van der Waals surface area contributed by atoms with E-state index in [4.69, 9.17) is 12.2 Å². The molecule has 0 aromatic carbocycles. The summed E-state index contributed by atoms with van der Waals surface area (Å²) in [5, 5.41) is 0. The summed E-state index contributed by atoms with van der Waals surface area (Å²) < 4.78 is 25.0. The summed E-state index contributed by atoms with van der Waals surface area (Å²) >= 11 is 0. The van der Waals surface area contributed by atoms with Gasteiger partial charge < -0.3 is 14.4 Å². The maximum Gasteiger partial charge on any atom is 0.410 e. The third-order valence-electron chi connectivity index (χ3n) is 1.41. The van der Waals surface area contributed by atoms with Gasteiger partial charge in [0, 0.05) is 13.1 Å². The fourth-order valence-electron chi connectivity index (χ4n) is 0.878. The van der Waals surface area contributed by atoms with Gasteiger partial charge in [0.15, 0.2) is 0 Å². The maximum atomic E-state index is 11.6. The summed E-state index contributed by atoms with van der Waals surface area (Å²) in [6.07, 6.45) is -0.553. The first kappa shape index (κ1) is 7.62. The first-order valence-corrected chi connectivity index (χ1v) is 4.25. The molecule has 1 heterocycles. The molecule has 0 bridgehead atoms. The smallest absolute Gasteiger partial charge is 0.410 e. The van der Waals surface area contributed by atoms with Crippen LogP contribution in [0.15, 0.2) is 0 Å². The minimum absolute atomic E-state index is 0.0629. The standard InChI is InChI=1S/C9H17NO3/c1-9(2,3)13-8(11)10-4-6-12-7-5-10/h4-7H2,1-3H3/i4D,7D. The molecule has 1 amide bonds. The molecule has 1 aliphatic rings. The molecule has 2 unspecified atom stereocenters. The summed E-state index contributed by atoms with van der Waals surface area (Å²) in [6, 6.07) is 0. The normalized spacial score (nSPS) is 32.1. The predicted octanol–water partition coefficient (Wildman–Crippen LogP) is 1.25. The van der Waals surface area contributed by atoms with E-state index in [0.717, 1.165) is 0 Å². The van der Waals surface area contributed by atoms with Crippen LogP contribution in [-0.4, -0.2) is 42.8 Å². The van der Waals surface area contributed by atoms with Crippen LogP contribution in [0, 0.1) is 0 Å². The van der Waals surface area contributed by atoms with Gasteiger partial charge in [0.05, 0.1) is 15.9 Å². The van der Waals surface area contributed by atoms with Crippen molar-refractivity contribution in [1.82, 2.24) is 4.90 Å². The molecule has 0 aromatic rings. The largest absolute Gasteiger partial charge is 0.444 e. The zero-order valence-corrected chi connectivity index (χ0v) is 8.24. The van der Waals surface area contributed by atoms with Gasteiger partial charge >= 0.3 is 6.09 Å². The number of amides is 1. The topological polar surface area (TPSA) is 38.8 Å². The number of ether oxygens (including phenoxy) is 2. The first-order valence-electron chi connectivity index (χ1n) is 5.41. The average Bonchev–Trinajstić information content (AvgIpc) is 2.06. The van der Waals surface area contributed by atoms with Crippen molar-refractivity contribution < 1.29 is 17.0 Å². The molecule has 0 spiro atoms.